The van der Waals surface area contributed by atoms with E-state index in [-0.39, 0.29) is 11.3 Å². The van der Waals surface area contributed by atoms with Crippen molar-refractivity contribution >= 4 is 5.69 Å². The second-order valence-corrected chi connectivity index (χ2v) is 5.09. The van der Waals surface area contributed by atoms with Crippen LogP contribution in [0.5, 0.6) is 0 Å². The van der Waals surface area contributed by atoms with Crippen LogP contribution < -0.4 is 4.90 Å². The summed E-state index contributed by atoms with van der Waals surface area (Å²) in [6.45, 7) is 5.57. The molecule has 0 bridgehead atoms. The van der Waals surface area contributed by atoms with Gasteiger partial charge in [0.25, 0.3) is 0 Å². The lowest BCUT2D eigenvalue weighted by atomic mass is 9.88. The SMILES string of the molecule is CC1CCN(c2c(F)cc(C#N)cc2F)CC1C. The minimum Gasteiger partial charge on any atom is -0.367 e. The number of benzene rings is 1. The van der Waals surface area contributed by atoms with Gasteiger partial charge in [-0.3, -0.25) is 0 Å². The van der Waals surface area contributed by atoms with Crippen molar-refractivity contribution in [3.05, 3.63) is 29.3 Å². The van der Waals surface area contributed by atoms with Crippen LogP contribution in [0.1, 0.15) is 25.8 Å². The maximum Gasteiger partial charge on any atom is 0.150 e. The molecule has 2 rings (SSSR count). The highest BCUT2D eigenvalue weighted by atomic mass is 19.1. The topological polar surface area (TPSA) is 27.0 Å². The number of rotatable bonds is 1. The Hall–Kier alpha value is -1.63. The van der Waals surface area contributed by atoms with Gasteiger partial charge in [-0.05, 0) is 30.4 Å². The number of nitriles is 1. The van der Waals surface area contributed by atoms with E-state index in [0.717, 1.165) is 18.6 Å². The third kappa shape index (κ3) is 2.31. The molecule has 1 aromatic rings. The van der Waals surface area contributed by atoms with Crippen LogP contribution in [0.2, 0.25) is 0 Å². The molecule has 2 atom stereocenters. The Kier molecular flexibility index (Phi) is 3.51. The molecule has 96 valence electrons. The Morgan fingerprint density at radius 2 is 1.83 bits per heavy atom. The van der Waals surface area contributed by atoms with E-state index in [9.17, 15) is 8.78 Å². The van der Waals surface area contributed by atoms with Gasteiger partial charge >= 0.3 is 0 Å². The van der Waals surface area contributed by atoms with Gasteiger partial charge in [0, 0.05) is 13.1 Å². The molecule has 1 aliphatic heterocycles. The lowest BCUT2D eigenvalue weighted by Crippen LogP contribution is -2.39. The number of hydrogen-bond donors (Lipinski definition) is 0. The van der Waals surface area contributed by atoms with E-state index in [1.165, 1.54) is 0 Å². The van der Waals surface area contributed by atoms with Crippen molar-refractivity contribution in [2.75, 3.05) is 18.0 Å². The van der Waals surface area contributed by atoms with Crippen LogP contribution in [-0.2, 0) is 0 Å². The van der Waals surface area contributed by atoms with Crippen LogP contribution in [0.4, 0.5) is 14.5 Å². The van der Waals surface area contributed by atoms with E-state index in [4.69, 9.17) is 5.26 Å². The Balaban J connectivity index is 2.32. The quantitative estimate of drug-likeness (QED) is 0.764. The molecular formula is C14H16F2N2. The number of halogens is 2. The largest absolute Gasteiger partial charge is 0.367 e. The van der Waals surface area contributed by atoms with Crippen LogP contribution in [0.15, 0.2) is 12.1 Å². The lowest BCUT2D eigenvalue weighted by Gasteiger charge is -2.37. The van der Waals surface area contributed by atoms with Crippen LogP contribution >= 0.6 is 0 Å². The highest BCUT2D eigenvalue weighted by Crippen LogP contribution is 2.31. The molecule has 1 heterocycles. The zero-order valence-corrected chi connectivity index (χ0v) is 10.6. The van der Waals surface area contributed by atoms with Gasteiger partial charge in [0.1, 0.15) is 5.69 Å². The first kappa shape index (κ1) is 12.8. The third-order valence-electron chi connectivity index (χ3n) is 3.80. The van der Waals surface area contributed by atoms with Crippen molar-refractivity contribution in [2.45, 2.75) is 20.3 Å². The van der Waals surface area contributed by atoms with Crippen molar-refractivity contribution in [1.29, 1.82) is 5.26 Å². The van der Waals surface area contributed by atoms with E-state index >= 15 is 0 Å². The van der Waals surface area contributed by atoms with E-state index in [1.54, 1.807) is 11.0 Å². The van der Waals surface area contributed by atoms with E-state index in [1.807, 2.05) is 0 Å². The smallest absolute Gasteiger partial charge is 0.150 e. The zero-order valence-electron chi connectivity index (χ0n) is 10.6. The summed E-state index contributed by atoms with van der Waals surface area (Å²) in [5.74, 6) is -0.305. The molecule has 0 radical (unpaired) electrons. The Morgan fingerprint density at radius 3 is 2.33 bits per heavy atom. The van der Waals surface area contributed by atoms with Crippen molar-refractivity contribution < 1.29 is 8.78 Å². The minimum absolute atomic E-state index is 0.00718. The molecule has 1 fully saturated rings. The number of anilines is 1. The first-order valence-electron chi connectivity index (χ1n) is 6.17. The minimum atomic E-state index is -0.645. The summed E-state index contributed by atoms with van der Waals surface area (Å²) in [5, 5.41) is 8.67. The molecule has 0 amide bonds. The molecule has 2 nitrogen and oxygen atoms in total. The molecule has 18 heavy (non-hydrogen) atoms. The zero-order chi connectivity index (χ0) is 13.3. The number of hydrogen-bond acceptors (Lipinski definition) is 2. The van der Waals surface area contributed by atoms with Gasteiger partial charge in [0.2, 0.25) is 0 Å². The van der Waals surface area contributed by atoms with Gasteiger partial charge in [-0.1, -0.05) is 13.8 Å². The van der Waals surface area contributed by atoms with Gasteiger partial charge in [-0.25, -0.2) is 8.78 Å². The molecule has 0 aliphatic carbocycles. The second-order valence-electron chi connectivity index (χ2n) is 5.09. The molecule has 0 saturated carbocycles. The summed E-state index contributed by atoms with van der Waals surface area (Å²) in [6.07, 6.45) is 0.931. The summed E-state index contributed by atoms with van der Waals surface area (Å²) < 4.78 is 27.7. The first-order chi connectivity index (χ1) is 8.52. The number of piperidine rings is 1. The standard InChI is InChI=1S/C14H16F2N2/c1-9-3-4-18(8-10(9)2)14-12(15)5-11(7-17)6-13(14)16/h5-6,9-10H,3-4,8H2,1-2H3. The molecule has 2 unspecified atom stereocenters. The first-order valence-corrected chi connectivity index (χ1v) is 6.17. The van der Waals surface area contributed by atoms with Gasteiger partial charge in [-0.2, -0.15) is 5.26 Å². The predicted molar refractivity (Wildman–Crippen MR) is 66.2 cm³/mol. The fourth-order valence-corrected chi connectivity index (χ4v) is 2.40. The Labute approximate surface area is 106 Å². The fourth-order valence-electron chi connectivity index (χ4n) is 2.40. The number of nitrogens with zero attached hydrogens (tertiary/aromatic N) is 2. The Bertz CT molecular complexity index is 470. The highest BCUT2D eigenvalue weighted by Gasteiger charge is 2.26. The normalized spacial score (nSPS) is 23.8. The molecule has 0 aromatic heterocycles. The molecule has 1 aliphatic rings. The summed E-state index contributed by atoms with van der Waals surface area (Å²) in [7, 11) is 0. The summed E-state index contributed by atoms with van der Waals surface area (Å²) in [5.41, 5.74) is 0.0277. The average Bonchev–Trinajstić information content (AvgIpc) is 2.32. The maximum absolute atomic E-state index is 13.9. The van der Waals surface area contributed by atoms with Crippen molar-refractivity contribution in [1.82, 2.24) is 0 Å². The van der Waals surface area contributed by atoms with Gasteiger partial charge in [0.05, 0.1) is 11.6 Å². The molecule has 1 saturated heterocycles. The summed E-state index contributed by atoms with van der Waals surface area (Å²) in [4.78, 5) is 1.75. The van der Waals surface area contributed by atoms with Crippen LogP contribution in [0, 0.1) is 34.8 Å². The van der Waals surface area contributed by atoms with Gasteiger partial charge in [-0.15, -0.1) is 0 Å². The van der Waals surface area contributed by atoms with E-state index < -0.39 is 11.6 Å². The summed E-state index contributed by atoms with van der Waals surface area (Å²) >= 11 is 0. The van der Waals surface area contributed by atoms with Gasteiger partial charge < -0.3 is 4.90 Å². The second kappa shape index (κ2) is 4.93. The molecular weight excluding hydrogens is 234 g/mol. The van der Waals surface area contributed by atoms with E-state index in [2.05, 4.69) is 13.8 Å². The van der Waals surface area contributed by atoms with Gasteiger partial charge in [0.15, 0.2) is 11.6 Å². The average molecular weight is 250 g/mol. The van der Waals surface area contributed by atoms with E-state index in [0.29, 0.717) is 24.9 Å². The van der Waals surface area contributed by atoms with Crippen molar-refractivity contribution in [3.8, 4) is 6.07 Å². The van der Waals surface area contributed by atoms with Crippen molar-refractivity contribution in [3.63, 3.8) is 0 Å². The predicted octanol–water partition coefficient (Wildman–Crippen LogP) is 3.32. The third-order valence-corrected chi connectivity index (χ3v) is 3.80. The summed E-state index contributed by atoms with van der Waals surface area (Å²) in [6, 6.07) is 3.95. The lowest BCUT2D eigenvalue weighted by molar-refractivity contribution is 0.320. The molecule has 0 spiro atoms. The highest BCUT2D eigenvalue weighted by molar-refractivity contribution is 5.53. The molecule has 4 heteroatoms. The van der Waals surface area contributed by atoms with Crippen LogP contribution in [0.3, 0.4) is 0 Å². The molecule has 1 aromatic carbocycles. The maximum atomic E-state index is 13.9. The van der Waals surface area contributed by atoms with Crippen molar-refractivity contribution in [2.24, 2.45) is 11.8 Å². The monoisotopic (exact) mass is 250 g/mol. The van der Waals surface area contributed by atoms with Crippen LogP contribution in [0.25, 0.3) is 0 Å². The fraction of sp³-hybridized carbons (Fsp3) is 0.500. The van der Waals surface area contributed by atoms with Crippen LogP contribution in [-0.4, -0.2) is 13.1 Å². The Morgan fingerprint density at radius 1 is 1.22 bits per heavy atom. The molecule has 0 N–H and O–H groups in total.